The summed E-state index contributed by atoms with van der Waals surface area (Å²) in [5.41, 5.74) is 1.40. The molecule has 0 aliphatic heterocycles. The van der Waals surface area contributed by atoms with Crippen LogP contribution in [0, 0.1) is 0 Å². The summed E-state index contributed by atoms with van der Waals surface area (Å²) in [6.45, 7) is 7.75. The van der Waals surface area contributed by atoms with Gasteiger partial charge in [0.05, 0.1) is 9.20 Å². The maximum absolute atomic E-state index is 4.70. The van der Waals surface area contributed by atoms with Crippen LogP contribution in [0.5, 0.6) is 0 Å². The molecule has 5 heteroatoms. The number of benzene rings is 1. The van der Waals surface area contributed by atoms with Gasteiger partial charge >= 0.3 is 0 Å². The molecule has 1 saturated carbocycles. The summed E-state index contributed by atoms with van der Waals surface area (Å²) in [7, 11) is 0. The Morgan fingerprint density at radius 3 is 2.46 bits per heavy atom. The van der Waals surface area contributed by atoms with E-state index < -0.39 is 0 Å². The molecule has 1 fully saturated rings. The highest BCUT2D eigenvalue weighted by atomic mass is 79.9. The molecule has 4 rings (SSSR count). The van der Waals surface area contributed by atoms with Crippen LogP contribution in [0.1, 0.15) is 55.7 Å². The predicted molar refractivity (Wildman–Crippen MR) is 111 cm³/mol. The molecule has 2 heterocycles. The molecule has 2 aromatic heterocycles. The van der Waals surface area contributed by atoms with Crippen molar-refractivity contribution < 1.29 is 0 Å². The van der Waals surface area contributed by atoms with Gasteiger partial charge in [-0.15, -0.1) is 21.5 Å². The van der Waals surface area contributed by atoms with Crippen LogP contribution in [0.15, 0.2) is 46.3 Å². The van der Waals surface area contributed by atoms with E-state index in [-0.39, 0.29) is 10.8 Å². The number of nitrogens with zero attached hydrogens (tertiary/aromatic N) is 3. The number of rotatable bonds is 6. The van der Waals surface area contributed by atoms with Gasteiger partial charge in [0.1, 0.15) is 11.6 Å². The average Bonchev–Trinajstić information content (AvgIpc) is 3.04. The third-order valence-electron chi connectivity index (χ3n) is 5.51. The monoisotopic (exact) mass is 429 g/mol. The summed E-state index contributed by atoms with van der Waals surface area (Å²) in [6.07, 6.45) is 3.42. The van der Waals surface area contributed by atoms with Crippen LogP contribution >= 0.6 is 27.3 Å². The fourth-order valence-electron chi connectivity index (χ4n) is 3.48. The lowest BCUT2D eigenvalue weighted by molar-refractivity contribution is 0.512. The van der Waals surface area contributed by atoms with Crippen LogP contribution in [0.25, 0.3) is 0 Å². The van der Waals surface area contributed by atoms with Crippen molar-refractivity contribution >= 4 is 27.3 Å². The van der Waals surface area contributed by atoms with Crippen molar-refractivity contribution in [1.82, 2.24) is 14.8 Å². The fraction of sp³-hybridized carbons (Fsp3) is 0.429. The second-order valence-corrected chi connectivity index (χ2v) is 10.5. The van der Waals surface area contributed by atoms with Gasteiger partial charge in [0.15, 0.2) is 0 Å². The molecule has 0 N–H and O–H groups in total. The second kappa shape index (κ2) is 6.61. The second-order valence-electron chi connectivity index (χ2n) is 8.02. The first kappa shape index (κ1) is 17.9. The molecule has 0 atom stereocenters. The number of thiophene rings is 1. The Labute approximate surface area is 167 Å². The molecule has 3 aromatic rings. The van der Waals surface area contributed by atoms with Gasteiger partial charge in [-0.1, -0.05) is 37.3 Å². The molecule has 136 valence electrons. The van der Waals surface area contributed by atoms with Crippen LogP contribution in [0.4, 0.5) is 0 Å². The number of halogens is 1. The average molecular weight is 430 g/mol. The molecule has 1 aliphatic rings. The number of aryl methyl sites for hydroxylation is 1. The van der Waals surface area contributed by atoms with E-state index in [1.807, 2.05) is 0 Å². The third-order valence-corrected chi connectivity index (χ3v) is 7.45. The van der Waals surface area contributed by atoms with Crippen molar-refractivity contribution in [2.45, 2.75) is 57.4 Å². The van der Waals surface area contributed by atoms with Gasteiger partial charge in [0, 0.05) is 16.8 Å². The quantitative estimate of drug-likeness (QED) is 0.501. The van der Waals surface area contributed by atoms with Crippen molar-refractivity contribution in [2.75, 3.05) is 0 Å². The lowest BCUT2D eigenvalue weighted by atomic mass is 9.90. The van der Waals surface area contributed by atoms with Gasteiger partial charge in [-0.25, -0.2) is 0 Å². The van der Waals surface area contributed by atoms with Crippen LogP contribution in [0.2, 0.25) is 0 Å². The van der Waals surface area contributed by atoms with Crippen LogP contribution in [-0.2, 0) is 23.8 Å². The highest BCUT2D eigenvalue weighted by Crippen LogP contribution is 2.48. The van der Waals surface area contributed by atoms with Crippen molar-refractivity contribution in [1.29, 1.82) is 0 Å². The molecule has 0 saturated heterocycles. The van der Waals surface area contributed by atoms with E-state index in [1.54, 1.807) is 11.3 Å². The number of hydrogen-bond donors (Lipinski definition) is 0. The molecule has 0 radical (unpaired) electrons. The standard InChI is InChI=1S/C21H24BrN3S/c1-20(2,16-9-10-17(22)26-16)18-23-24-19(21(3)12-13-21)25(18)14-11-15-7-5-4-6-8-15/h4-10H,11-14H2,1-3H3. The SMILES string of the molecule is CC1(c2nnc(C(C)(C)c3ccc(Br)s3)n2CCc2ccccc2)CC1. The van der Waals surface area contributed by atoms with Crippen molar-refractivity contribution in [3.63, 3.8) is 0 Å². The summed E-state index contributed by atoms with van der Waals surface area (Å²) in [5.74, 6) is 2.23. The first-order chi connectivity index (χ1) is 12.4. The molecule has 26 heavy (non-hydrogen) atoms. The van der Waals surface area contributed by atoms with Gasteiger partial charge in [-0.2, -0.15) is 0 Å². The fourth-order valence-corrected chi connectivity index (χ4v) is 4.96. The lowest BCUT2D eigenvalue weighted by Gasteiger charge is -2.24. The smallest absolute Gasteiger partial charge is 0.143 e. The Bertz CT molecular complexity index is 906. The first-order valence-corrected chi connectivity index (χ1v) is 10.7. The Balaban J connectivity index is 1.71. The normalized spacial score (nSPS) is 16.0. The van der Waals surface area contributed by atoms with Crippen LogP contribution < -0.4 is 0 Å². The minimum atomic E-state index is -0.163. The highest BCUT2D eigenvalue weighted by molar-refractivity contribution is 9.11. The van der Waals surface area contributed by atoms with Gasteiger partial charge in [-0.05, 0) is 66.7 Å². The summed E-state index contributed by atoms with van der Waals surface area (Å²) in [6, 6.07) is 15.0. The molecule has 3 nitrogen and oxygen atoms in total. The summed E-state index contributed by atoms with van der Waals surface area (Å²) < 4.78 is 3.55. The van der Waals surface area contributed by atoms with Crippen molar-refractivity contribution in [3.05, 3.63) is 68.3 Å². The van der Waals surface area contributed by atoms with E-state index in [0.29, 0.717) is 0 Å². The zero-order valence-electron chi connectivity index (χ0n) is 15.5. The van der Waals surface area contributed by atoms with E-state index in [1.165, 1.54) is 23.3 Å². The largest absolute Gasteiger partial charge is 0.313 e. The number of aromatic nitrogens is 3. The summed E-state index contributed by atoms with van der Waals surface area (Å²) in [5, 5.41) is 9.36. The number of hydrogen-bond acceptors (Lipinski definition) is 3. The van der Waals surface area contributed by atoms with Gasteiger partial charge in [-0.3, -0.25) is 0 Å². The van der Waals surface area contributed by atoms with Gasteiger partial charge in [0.2, 0.25) is 0 Å². The lowest BCUT2D eigenvalue weighted by Crippen LogP contribution is -2.26. The first-order valence-electron chi connectivity index (χ1n) is 9.14. The summed E-state index contributed by atoms with van der Waals surface area (Å²) >= 11 is 5.38. The zero-order valence-corrected chi connectivity index (χ0v) is 17.9. The third kappa shape index (κ3) is 3.27. The molecule has 0 amide bonds. The van der Waals surface area contributed by atoms with Crippen LogP contribution in [-0.4, -0.2) is 14.8 Å². The van der Waals surface area contributed by atoms with Gasteiger partial charge in [0.25, 0.3) is 0 Å². The molecular weight excluding hydrogens is 406 g/mol. The van der Waals surface area contributed by atoms with E-state index in [2.05, 4.69) is 88.8 Å². The maximum Gasteiger partial charge on any atom is 0.143 e. The summed E-state index contributed by atoms with van der Waals surface area (Å²) in [4.78, 5) is 1.31. The van der Waals surface area contributed by atoms with E-state index >= 15 is 0 Å². The van der Waals surface area contributed by atoms with E-state index in [9.17, 15) is 0 Å². The Morgan fingerprint density at radius 2 is 1.85 bits per heavy atom. The molecular formula is C21H24BrN3S. The predicted octanol–water partition coefficient (Wildman–Crippen LogP) is 5.72. The molecule has 1 aromatic carbocycles. The van der Waals surface area contributed by atoms with Crippen molar-refractivity contribution in [3.8, 4) is 0 Å². The maximum atomic E-state index is 4.70. The van der Waals surface area contributed by atoms with Crippen LogP contribution in [0.3, 0.4) is 0 Å². The topological polar surface area (TPSA) is 30.7 Å². The van der Waals surface area contributed by atoms with E-state index in [0.717, 1.165) is 28.4 Å². The highest BCUT2D eigenvalue weighted by Gasteiger charge is 2.45. The minimum Gasteiger partial charge on any atom is -0.313 e. The Kier molecular flexibility index (Phi) is 4.56. The minimum absolute atomic E-state index is 0.163. The molecule has 0 unspecified atom stereocenters. The van der Waals surface area contributed by atoms with Crippen molar-refractivity contribution in [2.24, 2.45) is 0 Å². The Hall–Kier alpha value is -1.46. The zero-order chi connectivity index (χ0) is 18.4. The molecule has 0 bridgehead atoms. The van der Waals surface area contributed by atoms with E-state index in [4.69, 9.17) is 5.10 Å². The molecule has 1 aliphatic carbocycles. The van der Waals surface area contributed by atoms with Gasteiger partial charge < -0.3 is 4.57 Å². The Morgan fingerprint density at radius 1 is 1.12 bits per heavy atom. The molecule has 0 spiro atoms.